The number of nitrogens with zero attached hydrogens (tertiary/aromatic N) is 1. The summed E-state index contributed by atoms with van der Waals surface area (Å²) in [7, 11) is 0. The van der Waals surface area contributed by atoms with E-state index >= 15 is 0 Å². The predicted octanol–water partition coefficient (Wildman–Crippen LogP) is 1.04. The van der Waals surface area contributed by atoms with E-state index in [2.05, 4.69) is 0 Å². The Balaban J connectivity index is 2.07. The Bertz CT molecular complexity index is 482. The van der Waals surface area contributed by atoms with Crippen molar-refractivity contribution in [1.29, 1.82) is 0 Å². The van der Waals surface area contributed by atoms with E-state index in [9.17, 15) is 13.6 Å². The summed E-state index contributed by atoms with van der Waals surface area (Å²) >= 11 is 0. The smallest absolute Gasteiger partial charge is 0.247 e. The van der Waals surface area contributed by atoms with Crippen LogP contribution < -0.4 is 5.73 Å². The molecule has 1 aromatic rings. The Morgan fingerprint density at radius 1 is 1.47 bits per heavy atom. The molecule has 1 heterocycles. The molecule has 1 saturated heterocycles. The highest BCUT2D eigenvalue weighted by Gasteiger charge is 2.29. The molecule has 1 amide bonds. The van der Waals surface area contributed by atoms with Gasteiger partial charge >= 0.3 is 0 Å². The van der Waals surface area contributed by atoms with Gasteiger partial charge in [0.05, 0.1) is 6.10 Å². The Hall–Kier alpha value is -1.53. The number of carbonyl (C=O) groups is 1. The minimum Gasteiger partial charge on any atom is -0.367 e. The maximum Gasteiger partial charge on any atom is 0.247 e. The SMILES string of the molecule is C[C@@H]1CN(Cc2ccc(F)cc2F)CC(C(N)=O)O1. The van der Waals surface area contributed by atoms with E-state index in [0.29, 0.717) is 25.2 Å². The van der Waals surface area contributed by atoms with Crippen molar-refractivity contribution < 1.29 is 18.3 Å². The molecule has 0 bridgehead atoms. The molecular formula is C13H16F2N2O2. The second-order valence-electron chi connectivity index (χ2n) is 4.77. The van der Waals surface area contributed by atoms with Crippen molar-refractivity contribution in [1.82, 2.24) is 4.90 Å². The standard InChI is InChI=1S/C13H16F2N2O2/c1-8-5-17(7-12(19-8)13(16)18)6-9-2-3-10(14)4-11(9)15/h2-4,8,12H,5-7H2,1H3,(H2,16,18)/t8-,12?/m1/s1. The van der Waals surface area contributed by atoms with E-state index in [1.54, 1.807) is 0 Å². The Kier molecular flexibility index (Phi) is 4.11. The molecule has 2 N–H and O–H groups in total. The first-order chi connectivity index (χ1) is 8.95. The van der Waals surface area contributed by atoms with Crippen LogP contribution in [0.25, 0.3) is 0 Å². The number of rotatable bonds is 3. The third-order valence-corrected chi connectivity index (χ3v) is 3.06. The fourth-order valence-corrected chi connectivity index (χ4v) is 2.22. The number of amides is 1. The van der Waals surface area contributed by atoms with Crippen molar-refractivity contribution in [3.8, 4) is 0 Å². The maximum atomic E-state index is 13.6. The van der Waals surface area contributed by atoms with Gasteiger partial charge in [-0.2, -0.15) is 0 Å². The summed E-state index contributed by atoms with van der Waals surface area (Å²) in [5.41, 5.74) is 5.61. The molecule has 1 unspecified atom stereocenters. The van der Waals surface area contributed by atoms with Gasteiger partial charge in [-0.25, -0.2) is 8.78 Å². The minimum atomic E-state index is -0.688. The zero-order valence-electron chi connectivity index (χ0n) is 10.6. The van der Waals surface area contributed by atoms with E-state index in [-0.39, 0.29) is 6.10 Å². The number of hydrogen-bond donors (Lipinski definition) is 1. The van der Waals surface area contributed by atoms with Gasteiger partial charge in [-0.1, -0.05) is 6.07 Å². The van der Waals surface area contributed by atoms with Gasteiger partial charge < -0.3 is 10.5 Å². The van der Waals surface area contributed by atoms with E-state index < -0.39 is 23.6 Å². The predicted molar refractivity (Wildman–Crippen MR) is 65.2 cm³/mol. The van der Waals surface area contributed by atoms with E-state index in [4.69, 9.17) is 10.5 Å². The number of hydrogen-bond acceptors (Lipinski definition) is 3. The lowest BCUT2D eigenvalue weighted by molar-refractivity contribution is -0.142. The van der Waals surface area contributed by atoms with Crippen molar-refractivity contribution in [3.63, 3.8) is 0 Å². The molecule has 6 heteroatoms. The fourth-order valence-electron chi connectivity index (χ4n) is 2.22. The van der Waals surface area contributed by atoms with Crippen LogP contribution in [0.1, 0.15) is 12.5 Å². The molecule has 0 saturated carbocycles. The lowest BCUT2D eigenvalue weighted by Gasteiger charge is -2.35. The first-order valence-corrected chi connectivity index (χ1v) is 6.06. The molecule has 0 aromatic heterocycles. The number of ether oxygens (including phenoxy) is 1. The van der Waals surface area contributed by atoms with Crippen molar-refractivity contribution in [2.75, 3.05) is 13.1 Å². The van der Waals surface area contributed by atoms with Crippen molar-refractivity contribution in [2.45, 2.75) is 25.7 Å². The summed E-state index contributed by atoms with van der Waals surface area (Å²) in [6.45, 7) is 3.00. The van der Waals surface area contributed by atoms with Crippen molar-refractivity contribution >= 4 is 5.91 Å². The average Bonchev–Trinajstić information content (AvgIpc) is 2.32. The molecule has 19 heavy (non-hydrogen) atoms. The van der Waals surface area contributed by atoms with E-state index in [0.717, 1.165) is 6.07 Å². The second kappa shape index (κ2) is 5.63. The van der Waals surface area contributed by atoms with Gasteiger partial charge in [-0.3, -0.25) is 9.69 Å². The second-order valence-corrected chi connectivity index (χ2v) is 4.77. The third-order valence-electron chi connectivity index (χ3n) is 3.06. The Labute approximate surface area is 110 Å². The third kappa shape index (κ3) is 3.48. The summed E-state index contributed by atoms with van der Waals surface area (Å²) in [4.78, 5) is 13.0. The average molecular weight is 270 g/mol. The van der Waals surface area contributed by atoms with E-state index in [1.807, 2.05) is 11.8 Å². The van der Waals surface area contributed by atoms with E-state index in [1.165, 1.54) is 12.1 Å². The molecule has 2 atom stereocenters. The highest BCUT2D eigenvalue weighted by Crippen LogP contribution is 2.17. The molecular weight excluding hydrogens is 254 g/mol. The maximum absolute atomic E-state index is 13.6. The molecule has 0 spiro atoms. The number of primary amides is 1. The summed E-state index contributed by atoms with van der Waals surface area (Å²) < 4.78 is 31.8. The number of carbonyl (C=O) groups excluding carboxylic acids is 1. The summed E-state index contributed by atoms with van der Waals surface area (Å²) in [6, 6.07) is 3.47. The topological polar surface area (TPSA) is 55.6 Å². The van der Waals surface area contributed by atoms with Gasteiger partial charge in [0.1, 0.15) is 17.7 Å². The van der Waals surface area contributed by atoms with Gasteiger partial charge in [0.15, 0.2) is 0 Å². The van der Waals surface area contributed by atoms with Gasteiger partial charge in [-0.15, -0.1) is 0 Å². The minimum absolute atomic E-state index is 0.158. The van der Waals surface area contributed by atoms with Crippen LogP contribution in [0, 0.1) is 11.6 Å². The zero-order chi connectivity index (χ0) is 14.0. The summed E-state index contributed by atoms with van der Waals surface area (Å²) in [6.07, 6.45) is -0.845. The molecule has 0 aliphatic carbocycles. The van der Waals surface area contributed by atoms with Crippen LogP contribution in [0.5, 0.6) is 0 Å². The van der Waals surface area contributed by atoms with Crippen LogP contribution in [0.2, 0.25) is 0 Å². The highest BCUT2D eigenvalue weighted by atomic mass is 19.1. The van der Waals surface area contributed by atoms with Gasteiger partial charge in [0, 0.05) is 31.3 Å². The molecule has 0 radical (unpaired) electrons. The summed E-state index contributed by atoms with van der Waals surface area (Å²) in [5, 5.41) is 0. The van der Waals surface area contributed by atoms with Crippen LogP contribution in [0.3, 0.4) is 0 Å². The van der Waals surface area contributed by atoms with Gasteiger partial charge in [-0.05, 0) is 13.0 Å². The molecule has 104 valence electrons. The monoisotopic (exact) mass is 270 g/mol. The molecule has 2 rings (SSSR count). The number of benzene rings is 1. The Morgan fingerprint density at radius 2 is 2.21 bits per heavy atom. The number of nitrogens with two attached hydrogens (primary N) is 1. The largest absolute Gasteiger partial charge is 0.367 e. The molecule has 1 aromatic carbocycles. The first kappa shape index (κ1) is 13.9. The molecule has 1 aliphatic heterocycles. The Morgan fingerprint density at radius 3 is 2.84 bits per heavy atom. The van der Waals surface area contributed by atoms with Crippen LogP contribution in [-0.4, -0.2) is 36.1 Å². The van der Waals surface area contributed by atoms with Crippen LogP contribution in [0.4, 0.5) is 8.78 Å². The van der Waals surface area contributed by atoms with Crippen LogP contribution in [0.15, 0.2) is 18.2 Å². The fraction of sp³-hybridized carbons (Fsp3) is 0.462. The first-order valence-electron chi connectivity index (χ1n) is 6.06. The normalized spacial score (nSPS) is 24.4. The lowest BCUT2D eigenvalue weighted by Crippen LogP contribution is -2.51. The van der Waals surface area contributed by atoms with Gasteiger partial charge in [0.2, 0.25) is 5.91 Å². The number of morpholine rings is 1. The molecule has 1 fully saturated rings. The van der Waals surface area contributed by atoms with Crippen LogP contribution >= 0.6 is 0 Å². The quantitative estimate of drug-likeness (QED) is 0.893. The molecule has 4 nitrogen and oxygen atoms in total. The van der Waals surface area contributed by atoms with Crippen LogP contribution in [-0.2, 0) is 16.1 Å². The highest BCUT2D eigenvalue weighted by molar-refractivity contribution is 5.79. The van der Waals surface area contributed by atoms with Gasteiger partial charge in [0.25, 0.3) is 0 Å². The zero-order valence-corrected chi connectivity index (χ0v) is 10.6. The molecule has 1 aliphatic rings. The lowest BCUT2D eigenvalue weighted by atomic mass is 10.1. The van der Waals surface area contributed by atoms with Crippen molar-refractivity contribution in [2.24, 2.45) is 5.73 Å². The van der Waals surface area contributed by atoms with Crippen molar-refractivity contribution in [3.05, 3.63) is 35.4 Å². The summed E-state index contributed by atoms with van der Waals surface area (Å²) in [5.74, 6) is -1.72. The number of halogens is 2.